The SMILES string of the molecule is C=CCn1c(=O)c2c(ncn2Cc2nc(C(=O)OC)co2)n(-c2cccc(OC)c2)c1=O. The van der Waals surface area contributed by atoms with Crippen LogP contribution in [0.1, 0.15) is 16.4 Å². The maximum absolute atomic E-state index is 13.2. The highest BCUT2D eigenvalue weighted by atomic mass is 16.5. The standard InChI is InChI=1S/C21H19N5O6/c1-4-8-25-19(27)17-18(26(21(25)29)13-6-5-7-14(9-13)30-2)22-12-24(17)10-16-23-15(11-32-16)20(28)31-3/h4-7,9,11-12H,1,8,10H2,2-3H3. The van der Waals surface area contributed by atoms with Gasteiger partial charge in [-0.2, -0.15) is 0 Å². The fourth-order valence-electron chi connectivity index (χ4n) is 3.30. The number of aromatic nitrogens is 5. The Morgan fingerprint density at radius 1 is 1.28 bits per heavy atom. The third-order valence-electron chi connectivity index (χ3n) is 4.78. The fourth-order valence-corrected chi connectivity index (χ4v) is 3.30. The fraction of sp³-hybridized carbons (Fsp3) is 0.190. The quantitative estimate of drug-likeness (QED) is 0.314. The summed E-state index contributed by atoms with van der Waals surface area (Å²) in [5.74, 6) is 0.0628. The van der Waals surface area contributed by atoms with E-state index in [1.165, 1.54) is 42.0 Å². The van der Waals surface area contributed by atoms with Gasteiger partial charge in [-0.25, -0.2) is 24.1 Å². The van der Waals surface area contributed by atoms with Crippen LogP contribution in [0.3, 0.4) is 0 Å². The number of ether oxygens (including phenoxy) is 2. The normalized spacial score (nSPS) is 10.9. The summed E-state index contributed by atoms with van der Waals surface area (Å²) >= 11 is 0. The second-order valence-corrected chi connectivity index (χ2v) is 6.69. The summed E-state index contributed by atoms with van der Waals surface area (Å²) in [6, 6.07) is 6.85. The zero-order valence-corrected chi connectivity index (χ0v) is 17.3. The number of esters is 1. The highest BCUT2D eigenvalue weighted by molar-refractivity contribution is 5.86. The molecule has 0 spiro atoms. The van der Waals surface area contributed by atoms with E-state index >= 15 is 0 Å². The van der Waals surface area contributed by atoms with Gasteiger partial charge in [-0.05, 0) is 12.1 Å². The number of fused-ring (bicyclic) bond motifs is 1. The number of methoxy groups -OCH3 is 2. The molecule has 0 aliphatic carbocycles. The minimum absolute atomic E-state index is 0.00396. The number of carbonyl (C=O) groups excluding carboxylic acids is 1. The third kappa shape index (κ3) is 3.49. The third-order valence-corrected chi connectivity index (χ3v) is 4.78. The molecule has 0 aliphatic heterocycles. The van der Waals surface area contributed by atoms with Gasteiger partial charge < -0.3 is 18.5 Å². The number of imidazole rings is 1. The minimum atomic E-state index is -0.643. The summed E-state index contributed by atoms with van der Waals surface area (Å²) in [5.41, 5.74) is -0.303. The Balaban J connectivity index is 1.92. The zero-order chi connectivity index (χ0) is 22.8. The number of hydrogen-bond donors (Lipinski definition) is 0. The second kappa shape index (κ2) is 8.38. The van der Waals surface area contributed by atoms with E-state index < -0.39 is 17.2 Å². The van der Waals surface area contributed by atoms with Crippen molar-refractivity contribution < 1.29 is 18.7 Å². The molecule has 4 aromatic rings. The van der Waals surface area contributed by atoms with E-state index in [0.29, 0.717) is 11.4 Å². The van der Waals surface area contributed by atoms with Gasteiger partial charge in [0.2, 0.25) is 5.89 Å². The monoisotopic (exact) mass is 437 g/mol. The largest absolute Gasteiger partial charge is 0.497 e. The Morgan fingerprint density at radius 3 is 2.81 bits per heavy atom. The maximum Gasteiger partial charge on any atom is 0.360 e. The number of hydrogen-bond acceptors (Lipinski definition) is 8. The highest BCUT2D eigenvalue weighted by Crippen LogP contribution is 2.19. The summed E-state index contributed by atoms with van der Waals surface area (Å²) < 4.78 is 19.1. The van der Waals surface area contributed by atoms with Gasteiger partial charge in [0.15, 0.2) is 16.9 Å². The van der Waals surface area contributed by atoms with E-state index in [1.54, 1.807) is 24.3 Å². The van der Waals surface area contributed by atoms with Crippen molar-refractivity contribution in [3.63, 3.8) is 0 Å². The predicted octanol–water partition coefficient (Wildman–Crippen LogP) is 1.37. The number of rotatable bonds is 7. The van der Waals surface area contributed by atoms with E-state index in [1.807, 2.05) is 0 Å². The number of oxazole rings is 1. The van der Waals surface area contributed by atoms with Crippen LogP contribution in [-0.2, 0) is 17.8 Å². The molecule has 0 atom stereocenters. The first-order valence-corrected chi connectivity index (χ1v) is 9.47. The first kappa shape index (κ1) is 20.8. The van der Waals surface area contributed by atoms with Crippen molar-refractivity contribution in [2.75, 3.05) is 14.2 Å². The molecule has 0 saturated carbocycles. The van der Waals surface area contributed by atoms with Crippen molar-refractivity contribution in [1.29, 1.82) is 0 Å². The molecule has 164 valence electrons. The molecular formula is C21H19N5O6. The second-order valence-electron chi connectivity index (χ2n) is 6.69. The van der Waals surface area contributed by atoms with E-state index in [-0.39, 0.29) is 35.8 Å². The summed E-state index contributed by atoms with van der Waals surface area (Å²) in [5, 5.41) is 0. The van der Waals surface area contributed by atoms with Crippen molar-refractivity contribution in [2.45, 2.75) is 13.1 Å². The minimum Gasteiger partial charge on any atom is -0.497 e. The number of allylic oxidation sites excluding steroid dienone is 1. The summed E-state index contributed by atoms with van der Waals surface area (Å²) in [7, 11) is 2.75. The topological polar surface area (TPSA) is 123 Å². The number of benzene rings is 1. The molecule has 1 aromatic carbocycles. The smallest absolute Gasteiger partial charge is 0.360 e. The van der Waals surface area contributed by atoms with Gasteiger partial charge in [0.25, 0.3) is 5.56 Å². The van der Waals surface area contributed by atoms with Crippen LogP contribution in [-0.4, -0.2) is 43.9 Å². The molecule has 0 amide bonds. The molecular weight excluding hydrogens is 418 g/mol. The van der Waals surface area contributed by atoms with Crippen molar-refractivity contribution in [1.82, 2.24) is 23.7 Å². The van der Waals surface area contributed by atoms with E-state index in [2.05, 4.69) is 21.3 Å². The summed E-state index contributed by atoms with van der Waals surface area (Å²) in [6.45, 7) is 3.65. The molecule has 0 saturated heterocycles. The average molecular weight is 437 g/mol. The van der Waals surface area contributed by atoms with E-state index in [9.17, 15) is 14.4 Å². The molecule has 3 heterocycles. The van der Waals surface area contributed by atoms with Gasteiger partial charge >= 0.3 is 11.7 Å². The molecule has 32 heavy (non-hydrogen) atoms. The Kier molecular flexibility index (Phi) is 5.46. The Labute approximate surface area is 180 Å². The van der Waals surface area contributed by atoms with Gasteiger partial charge in [-0.1, -0.05) is 12.1 Å². The van der Waals surface area contributed by atoms with Crippen molar-refractivity contribution in [2.24, 2.45) is 0 Å². The lowest BCUT2D eigenvalue weighted by Crippen LogP contribution is -2.39. The molecule has 0 unspecified atom stereocenters. The van der Waals surface area contributed by atoms with Crippen molar-refractivity contribution >= 4 is 17.1 Å². The van der Waals surface area contributed by atoms with E-state index in [4.69, 9.17) is 9.15 Å². The van der Waals surface area contributed by atoms with Crippen LogP contribution < -0.4 is 16.0 Å². The van der Waals surface area contributed by atoms with Crippen molar-refractivity contribution in [3.05, 3.63) is 81.9 Å². The number of nitrogens with zero attached hydrogens (tertiary/aromatic N) is 5. The maximum atomic E-state index is 13.2. The molecule has 11 heteroatoms. The van der Waals surface area contributed by atoms with Crippen LogP contribution in [0.25, 0.3) is 16.9 Å². The molecule has 0 aliphatic rings. The van der Waals surface area contributed by atoms with Gasteiger partial charge in [0.05, 0.1) is 26.2 Å². The van der Waals surface area contributed by atoms with E-state index in [0.717, 1.165) is 4.57 Å². The lowest BCUT2D eigenvalue weighted by Gasteiger charge is -2.12. The van der Waals surface area contributed by atoms with Crippen LogP contribution in [0.15, 0.2) is 63.5 Å². The van der Waals surface area contributed by atoms with Gasteiger partial charge in [0, 0.05) is 12.6 Å². The molecule has 0 bridgehead atoms. The molecule has 0 fully saturated rings. The van der Waals surface area contributed by atoms with Crippen LogP contribution in [0.2, 0.25) is 0 Å². The first-order chi connectivity index (χ1) is 15.5. The molecule has 11 nitrogen and oxygen atoms in total. The highest BCUT2D eigenvalue weighted by Gasteiger charge is 2.20. The molecule has 0 N–H and O–H groups in total. The molecule has 0 radical (unpaired) electrons. The number of carbonyl (C=O) groups is 1. The molecule has 3 aromatic heterocycles. The zero-order valence-electron chi connectivity index (χ0n) is 17.3. The van der Waals surface area contributed by atoms with Gasteiger partial charge in [-0.3, -0.25) is 9.36 Å². The van der Waals surface area contributed by atoms with Crippen LogP contribution in [0.5, 0.6) is 5.75 Å². The Morgan fingerprint density at radius 2 is 2.09 bits per heavy atom. The summed E-state index contributed by atoms with van der Waals surface area (Å²) in [4.78, 5) is 46.4. The lowest BCUT2D eigenvalue weighted by molar-refractivity contribution is 0.0594. The van der Waals surface area contributed by atoms with Crippen LogP contribution >= 0.6 is 0 Å². The van der Waals surface area contributed by atoms with Crippen molar-refractivity contribution in [3.8, 4) is 11.4 Å². The Bertz CT molecular complexity index is 1440. The first-order valence-electron chi connectivity index (χ1n) is 9.47. The predicted molar refractivity (Wildman–Crippen MR) is 113 cm³/mol. The van der Waals surface area contributed by atoms with Gasteiger partial charge in [0.1, 0.15) is 18.6 Å². The average Bonchev–Trinajstić information content (AvgIpc) is 3.44. The van der Waals surface area contributed by atoms with Gasteiger partial charge in [-0.15, -0.1) is 6.58 Å². The summed E-state index contributed by atoms with van der Waals surface area (Å²) in [6.07, 6.45) is 4.03. The Hall–Kier alpha value is -4.41. The van der Waals surface area contributed by atoms with Crippen LogP contribution in [0, 0.1) is 0 Å². The molecule has 4 rings (SSSR count). The van der Waals surface area contributed by atoms with Crippen LogP contribution in [0.4, 0.5) is 0 Å². The lowest BCUT2D eigenvalue weighted by atomic mass is 10.3.